The zero-order valence-corrected chi connectivity index (χ0v) is 19.9. The number of hydrogen-bond donors (Lipinski definition) is 3. The number of likely N-dealkylation sites (N-methyl/N-ethyl adjacent to an activating group) is 1. The van der Waals surface area contributed by atoms with Crippen LogP contribution in [0.25, 0.3) is 5.69 Å². The molecule has 2 fully saturated rings. The molecule has 176 valence electrons. The minimum Gasteiger partial charge on any atom is -0.343 e. The quantitative estimate of drug-likeness (QED) is 0.593. The first-order valence-corrected chi connectivity index (χ1v) is 12.3. The first-order valence-electron chi connectivity index (χ1n) is 11.2. The first-order chi connectivity index (χ1) is 15.9. The Hall–Kier alpha value is -2.85. The zero-order chi connectivity index (χ0) is 23.5. The van der Waals surface area contributed by atoms with Gasteiger partial charge >= 0.3 is 0 Å². The van der Waals surface area contributed by atoms with Gasteiger partial charge in [-0.15, -0.1) is 11.8 Å². The second kappa shape index (κ2) is 9.96. The first kappa shape index (κ1) is 23.3. The van der Waals surface area contributed by atoms with Gasteiger partial charge in [-0.25, -0.2) is 4.68 Å². The lowest BCUT2D eigenvalue weighted by molar-refractivity contribution is -0.141. The van der Waals surface area contributed by atoms with Gasteiger partial charge in [0.1, 0.15) is 17.9 Å². The van der Waals surface area contributed by atoms with Crippen molar-refractivity contribution in [2.45, 2.75) is 56.6 Å². The monoisotopic (exact) mass is 470 g/mol. The maximum Gasteiger partial charge on any atom is 0.249 e. The van der Waals surface area contributed by atoms with E-state index in [1.807, 2.05) is 43.3 Å². The molecule has 10 heteroatoms. The van der Waals surface area contributed by atoms with Crippen LogP contribution < -0.4 is 16.0 Å². The van der Waals surface area contributed by atoms with Crippen LogP contribution in [0, 0.1) is 6.92 Å². The molecule has 3 heterocycles. The van der Waals surface area contributed by atoms with Gasteiger partial charge in [0.05, 0.1) is 22.8 Å². The molecule has 3 N–H and O–H groups in total. The van der Waals surface area contributed by atoms with Crippen LogP contribution in [-0.2, 0) is 14.4 Å². The van der Waals surface area contributed by atoms with Crippen molar-refractivity contribution < 1.29 is 14.4 Å². The van der Waals surface area contributed by atoms with Crippen LogP contribution in [0.1, 0.15) is 31.9 Å². The molecular weight excluding hydrogens is 440 g/mol. The predicted octanol–water partition coefficient (Wildman–Crippen LogP) is 1.67. The van der Waals surface area contributed by atoms with Crippen molar-refractivity contribution in [1.82, 2.24) is 25.3 Å². The molecule has 0 spiro atoms. The van der Waals surface area contributed by atoms with E-state index in [2.05, 4.69) is 21.0 Å². The zero-order valence-electron chi connectivity index (χ0n) is 19.1. The van der Waals surface area contributed by atoms with Crippen LogP contribution in [0.4, 0.5) is 5.82 Å². The normalized spacial score (nSPS) is 23.5. The maximum absolute atomic E-state index is 13.4. The van der Waals surface area contributed by atoms with Crippen molar-refractivity contribution in [2.75, 3.05) is 18.1 Å². The third-order valence-electron chi connectivity index (χ3n) is 6.12. The number of aromatic nitrogens is 2. The van der Waals surface area contributed by atoms with Gasteiger partial charge in [-0.1, -0.05) is 18.2 Å². The van der Waals surface area contributed by atoms with E-state index in [0.29, 0.717) is 18.0 Å². The highest BCUT2D eigenvalue weighted by atomic mass is 32.2. The van der Waals surface area contributed by atoms with Gasteiger partial charge in [0, 0.05) is 11.8 Å². The number of carbonyl (C=O) groups excluding carboxylic acids is 3. The largest absolute Gasteiger partial charge is 0.343 e. The smallest absolute Gasteiger partial charge is 0.249 e. The molecule has 2 aliphatic heterocycles. The number of hydrogen-bond acceptors (Lipinski definition) is 6. The van der Waals surface area contributed by atoms with E-state index in [-0.39, 0.29) is 23.1 Å². The Bertz CT molecular complexity index is 1030. The summed E-state index contributed by atoms with van der Waals surface area (Å²) in [5, 5.41) is 13.2. The lowest BCUT2D eigenvalue weighted by atomic mass is 10.1. The number of amides is 3. The van der Waals surface area contributed by atoms with E-state index in [1.165, 1.54) is 0 Å². The Balaban J connectivity index is 1.52. The number of para-hydroxylation sites is 1. The lowest BCUT2D eigenvalue weighted by Crippen LogP contribution is -2.55. The molecule has 0 radical (unpaired) electrons. The standard InChI is InChI=1S/C23H30N6O3S/c1-14-12-19(29(27-14)16-8-5-4-6-9-16)26-22(31)18-13-33-20-11-7-10-17(23(32)28(18)20)25-21(30)15(2)24-3/h4-6,8-9,12,15,17-18,20,24H,7,10-11,13H2,1-3H3,(H,25,30)(H,26,31)/t15-,17?,18-,20+/m0/s1. The van der Waals surface area contributed by atoms with Crippen LogP contribution in [-0.4, -0.2) is 68.7 Å². The fourth-order valence-corrected chi connectivity index (χ4v) is 5.67. The van der Waals surface area contributed by atoms with Crippen molar-refractivity contribution >= 4 is 35.3 Å². The summed E-state index contributed by atoms with van der Waals surface area (Å²) in [6.45, 7) is 3.62. The second-order valence-electron chi connectivity index (χ2n) is 8.46. The van der Waals surface area contributed by atoms with Crippen LogP contribution in [0.15, 0.2) is 36.4 Å². The van der Waals surface area contributed by atoms with Gasteiger partial charge < -0.3 is 20.9 Å². The molecule has 1 unspecified atom stereocenters. The summed E-state index contributed by atoms with van der Waals surface area (Å²) in [7, 11) is 1.70. The maximum atomic E-state index is 13.4. The fraction of sp³-hybridized carbons (Fsp3) is 0.478. The number of rotatable bonds is 6. The topological polar surface area (TPSA) is 108 Å². The van der Waals surface area contributed by atoms with Gasteiger partial charge in [-0.05, 0) is 52.3 Å². The number of fused-ring (bicyclic) bond motifs is 1. The van der Waals surface area contributed by atoms with E-state index >= 15 is 0 Å². The SMILES string of the molecule is CN[C@@H](C)C(=O)NC1CCC[C@H]2SC[C@@H](C(=O)Nc3cc(C)nn3-c3ccccc3)N2C1=O. The lowest BCUT2D eigenvalue weighted by Gasteiger charge is -2.30. The molecule has 0 aliphatic carbocycles. The molecule has 2 aliphatic rings. The summed E-state index contributed by atoms with van der Waals surface area (Å²) in [6.07, 6.45) is 2.19. The Morgan fingerprint density at radius 3 is 2.70 bits per heavy atom. The summed E-state index contributed by atoms with van der Waals surface area (Å²) < 4.78 is 1.69. The average molecular weight is 471 g/mol. The van der Waals surface area contributed by atoms with Gasteiger partial charge in [0.2, 0.25) is 17.7 Å². The van der Waals surface area contributed by atoms with Crippen LogP contribution in [0.3, 0.4) is 0 Å². The molecule has 4 rings (SSSR count). The third-order valence-corrected chi connectivity index (χ3v) is 7.47. The van der Waals surface area contributed by atoms with Gasteiger partial charge in [-0.2, -0.15) is 5.10 Å². The number of anilines is 1. The number of carbonyl (C=O) groups is 3. The molecule has 1 aromatic heterocycles. The Kier molecular flexibility index (Phi) is 7.04. The van der Waals surface area contributed by atoms with E-state index in [4.69, 9.17) is 0 Å². The minimum atomic E-state index is -0.621. The molecule has 1 aromatic carbocycles. The number of thioether (sulfide) groups is 1. The minimum absolute atomic E-state index is 0.0577. The molecule has 33 heavy (non-hydrogen) atoms. The summed E-state index contributed by atoms with van der Waals surface area (Å²) >= 11 is 1.62. The highest BCUT2D eigenvalue weighted by Gasteiger charge is 2.45. The number of benzene rings is 1. The predicted molar refractivity (Wildman–Crippen MR) is 128 cm³/mol. The average Bonchev–Trinajstić information content (AvgIpc) is 3.37. The fourth-order valence-electron chi connectivity index (χ4n) is 4.21. The highest BCUT2D eigenvalue weighted by molar-refractivity contribution is 8.00. The molecule has 0 bridgehead atoms. The van der Waals surface area contributed by atoms with E-state index in [1.54, 1.807) is 35.3 Å². The molecule has 9 nitrogen and oxygen atoms in total. The van der Waals surface area contributed by atoms with Gasteiger partial charge in [0.15, 0.2) is 0 Å². The summed E-state index contributed by atoms with van der Waals surface area (Å²) in [5.74, 6) is 0.434. The van der Waals surface area contributed by atoms with E-state index < -0.39 is 18.1 Å². The number of nitrogens with zero attached hydrogens (tertiary/aromatic N) is 3. The van der Waals surface area contributed by atoms with Crippen molar-refractivity contribution in [3.63, 3.8) is 0 Å². The summed E-state index contributed by atoms with van der Waals surface area (Å²) in [5.41, 5.74) is 1.62. The summed E-state index contributed by atoms with van der Waals surface area (Å²) in [6, 6.07) is 9.77. The second-order valence-corrected chi connectivity index (χ2v) is 9.67. The molecular formula is C23H30N6O3S. The molecule has 4 atom stereocenters. The van der Waals surface area contributed by atoms with Crippen LogP contribution in [0.5, 0.6) is 0 Å². The van der Waals surface area contributed by atoms with Crippen LogP contribution >= 0.6 is 11.8 Å². The van der Waals surface area contributed by atoms with E-state index in [0.717, 1.165) is 24.2 Å². The molecule has 3 amide bonds. The Morgan fingerprint density at radius 1 is 1.21 bits per heavy atom. The van der Waals surface area contributed by atoms with Gasteiger partial charge in [0.25, 0.3) is 0 Å². The van der Waals surface area contributed by atoms with Crippen molar-refractivity contribution in [1.29, 1.82) is 0 Å². The molecule has 2 saturated heterocycles. The van der Waals surface area contributed by atoms with E-state index in [9.17, 15) is 14.4 Å². The van der Waals surface area contributed by atoms with Gasteiger partial charge in [-0.3, -0.25) is 14.4 Å². The van der Waals surface area contributed by atoms with Crippen molar-refractivity contribution in [3.05, 3.63) is 42.1 Å². The van der Waals surface area contributed by atoms with Crippen LogP contribution in [0.2, 0.25) is 0 Å². The Labute approximate surface area is 197 Å². The Morgan fingerprint density at radius 2 is 1.97 bits per heavy atom. The molecule has 0 saturated carbocycles. The van der Waals surface area contributed by atoms with Crippen molar-refractivity contribution in [2.24, 2.45) is 0 Å². The number of aryl methyl sites for hydroxylation is 1. The summed E-state index contributed by atoms with van der Waals surface area (Å²) in [4.78, 5) is 40.8. The number of nitrogens with one attached hydrogen (secondary N) is 3. The molecule has 2 aromatic rings. The highest BCUT2D eigenvalue weighted by Crippen LogP contribution is 2.36. The third kappa shape index (κ3) is 4.91. The van der Waals surface area contributed by atoms with Crippen molar-refractivity contribution in [3.8, 4) is 5.69 Å².